The average Bonchev–Trinajstić information content (AvgIpc) is 2.49. The van der Waals surface area contributed by atoms with Crippen LogP contribution in [0.5, 0.6) is 0 Å². The van der Waals surface area contributed by atoms with Crippen molar-refractivity contribution in [3.63, 3.8) is 0 Å². The lowest BCUT2D eigenvalue weighted by Gasteiger charge is -2.25. The number of hydrogen-bond acceptors (Lipinski definition) is 7. The van der Waals surface area contributed by atoms with Gasteiger partial charge in [0.1, 0.15) is 0 Å². The number of anilines is 1. The number of aromatic nitrogens is 4. The molecule has 0 aliphatic heterocycles. The van der Waals surface area contributed by atoms with Crippen LogP contribution in [0.15, 0.2) is 31.0 Å². The summed E-state index contributed by atoms with van der Waals surface area (Å²) in [5.74, 6) is -0.0315. The largest absolute Gasteiger partial charge is 0.462 e. The van der Waals surface area contributed by atoms with Crippen molar-refractivity contribution in [3.05, 3.63) is 42.2 Å². The highest BCUT2D eigenvalue weighted by Gasteiger charge is 2.23. The molecule has 2 aromatic rings. The van der Waals surface area contributed by atoms with E-state index in [1.54, 1.807) is 25.5 Å². The van der Waals surface area contributed by atoms with Gasteiger partial charge in [-0.3, -0.25) is 9.97 Å². The van der Waals surface area contributed by atoms with Gasteiger partial charge in [0.2, 0.25) is 5.95 Å². The number of ether oxygens (including phenoxy) is 1. The molecule has 0 aromatic carbocycles. The Hall–Kier alpha value is -2.57. The zero-order valence-electron chi connectivity index (χ0n) is 12.2. The molecule has 2 heterocycles. The number of rotatable bonds is 5. The van der Waals surface area contributed by atoms with Crippen LogP contribution in [0.1, 0.15) is 36.8 Å². The van der Waals surface area contributed by atoms with Crippen molar-refractivity contribution in [1.82, 2.24) is 19.9 Å². The van der Waals surface area contributed by atoms with E-state index in [-0.39, 0.29) is 0 Å². The summed E-state index contributed by atoms with van der Waals surface area (Å²) in [6, 6.07) is 0. The quantitative estimate of drug-likeness (QED) is 0.838. The van der Waals surface area contributed by atoms with Gasteiger partial charge in [-0.05, 0) is 20.8 Å². The highest BCUT2D eigenvalue weighted by atomic mass is 16.5. The summed E-state index contributed by atoms with van der Waals surface area (Å²) in [7, 11) is 0. The second kappa shape index (κ2) is 6.25. The maximum Gasteiger partial charge on any atom is 0.341 e. The summed E-state index contributed by atoms with van der Waals surface area (Å²) < 4.78 is 4.88. The molecule has 0 bridgehead atoms. The maximum absolute atomic E-state index is 11.5. The maximum atomic E-state index is 11.5. The molecule has 0 aliphatic rings. The predicted molar refractivity (Wildman–Crippen MR) is 76.7 cm³/mol. The Balaban J connectivity index is 2.11. The lowest BCUT2D eigenvalue weighted by atomic mass is 10.0. The molecule has 21 heavy (non-hydrogen) atoms. The van der Waals surface area contributed by atoms with E-state index in [9.17, 15) is 4.79 Å². The van der Waals surface area contributed by atoms with Gasteiger partial charge >= 0.3 is 5.97 Å². The summed E-state index contributed by atoms with van der Waals surface area (Å²) >= 11 is 0. The average molecular weight is 287 g/mol. The van der Waals surface area contributed by atoms with E-state index in [4.69, 9.17) is 4.74 Å². The van der Waals surface area contributed by atoms with Crippen LogP contribution >= 0.6 is 0 Å². The first kappa shape index (κ1) is 14.8. The van der Waals surface area contributed by atoms with Crippen molar-refractivity contribution >= 4 is 11.9 Å². The molecule has 0 saturated carbocycles. The Kier molecular flexibility index (Phi) is 4.42. The van der Waals surface area contributed by atoms with E-state index in [0.717, 1.165) is 5.69 Å². The lowest BCUT2D eigenvalue weighted by molar-refractivity contribution is 0.0525. The van der Waals surface area contributed by atoms with Crippen molar-refractivity contribution < 1.29 is 9.53 Å². The third-order valence-corrected chi connectivity index (χ3v) is 2.79. The Morgan fingerprint density at radius 1 is 1.19 bits per heavy atom. The zero-order chi connectivity index (χ0) is 15.3. The Bertz CT molecular complexity index is 599. The molecule has 0 saturated heterocycles. The van der Waals surface area contributed by atoms with Gasteiger partial charge in [0.05, 0.1) is 29.6 Å². The van der Waals surface area contributed by atoms with E-state index in [1.807, 2.05) is 13.8 Å². The standard InChI is InChI=1S/C14H17N5O2/c1-4-21-12(20)10-7-17-13(18-8-10)19-14(2,3)11-9-15-5-6-16-11/h5-9H,4H2,1-3H3,(H,17,18,19). The second-order valence-corrected chi connectivity index (χ2v) is 4.86. The molecule has 0 aliphatic carbocycles. The lowest BCUT2D eigenvalue weighted by Crippen LogP contribution is -2.30. The number of esters is 1. The van der Waals surface area contributed by atoms with Gasteiger partial charge in [-0.1, -0.05) is 0 Å². The van der Waals surface area contributed by atoms with Crippen molar-refractivity contribution in [2.24, 2.45) is 0 Å². The van der Waals surface area contributed by atoms with Gasteiger partial charge in [-0.25, -0.2) is 14.8 Å². The van der Waals surface area contributed by atoms with Crippen molar-refractivity contribution in [2.45, 2.75) is 26.3 Å². The summed E-state index contributed by atoms with van der Waals surface area (Å²) in [5.41, 5.74) is 0.600. The predicted octanol–water partition coefficient (Wildman–Crippen LogP) is 1.79. The Labute approximate surface area is 122 Å². The van der Waals surface area contributed by atoms with E-state index >= 15 is 0 Å². The molecule has 0 spiro atoms. The first-order valence-corrected chi connectivity index (χ1v) is 6.57. The molecule has 0 fully saturated rings. The van der Waals surface area contributed by atoms with E-state index < -0.39 is 11.5 Å². The minimum absolute atomic E-state index is 0.318. The fraction of sp³-hybridized carbons (Fsp3) is 0.357. The van der Waals surface area contributed by atoms with Crippen molar-refractivity contribution in [2.75, 3.05) is 11.9 Å². The van der Waals surface area contributed by atoms with E-state index in [0.29, 0.717) is 18.1 Å². The van der Waals surface area contributed by atoms with Crippen LogP contribution in [-0.2, 0) is 10.3 Å². The molecule has 0 unspecified atom stereocenters. The molecule has 0 radical (unpaired) electrons. The minimum Gasteiger partial charge on any atom is -0.462 e. The minimum atomic E-state index is -0.486. The number of nitrogens with zero attached hydrogens (tertiary/aromatic N) is 4. The van der Waals surface area contributed by atoms with Gasteiger partial charge in [0, 0.05) is 24.8 Å². The molecular formula is C14H17N5O2. The van der Waals surface area contributed by atoms with Crippen molar-refractivity contribution in [3.8, 4) is 0 Å². The molecule has 0 amide bonds. The molecule has 2 aromatic heterocycles. The Morgan fingerprint density at radius 3 is 2.48 bits per heavy atom. The number of hydrogen-bond donors (Lipinski definition) is 1. The van der Waals surface area contributed by atoms with Crippen LogP contribution in [0, 0.1) is 0 Å². The van der Waals surface area contributed by atoms with E-state index in [1.165, 1.54) is 12.4 Å². The normalized spacial score (nSPS) is 11.0. The monoisotopic (exact) mass is 287 g/mol. The summed E-state index contributed by atoms with van der Waals surface area (Å²) in [6.45, 7) is 5.95. The molecular weight excluding hydrogens is 270 g/mol. The smallest absolute Gasteiger partial charge is 0.341 e. The molecule has 2 rings (SSSR count). The first-order chi connectivity index (χ1) is 10.0. The molecule has 110 valence electrons. The molecule has 0 atom stereocenters. The van der Waals surface area contributed by atoms with Crippen LogP contribution in [0.2, 0.25) is 0 Å². The summed E-state index contributed by atoms with van der Waals surface area (Å²) in [4.78, 5) is 28.1. The van der Waals surface area contributed by atoms with Crippen LogP contribution < -0.4 is 5.32 Å². The van der Waals surface area contributed by atoms with Crippen LogP contribution in [-0.4, -0.2) is 32.5 Å². The number of carbonyl (C=O) groups excluding carboxylic acids is 1. The fourth-order valence-electron chi connectivity index (χ4n) is 1.68. The summed E-state index contributed by atoms with van der Waals surface area (Å²) in [5, 5.41) is 3.16. The molecule has 7 nitrogen and oxygen atoms in total. The van der Waals surface area contributed by atoms with Gasteiger partial charge in [-0.15, -0.1) is 0 Å². The SMILES string of the molecule is CCOC(=O)c1cnc(NC(C)(C)c2cnccn2)nc1. The fourth-order valence-corrected chi connectivity index (χ4v) is 1.68. The number of nitrogens with one attached hydrogen (secondary N) is 1. The summed E-state index contributed by atoms with van der Waals surface area (Å²) in [6.07, 6.45) is 7.79. The topological polar surface area (TPSA) is 89.9 Å². The van der Waals surface area contributed by atoms with Gasteiger partial charge in [-0.2, -0.15) is 0 Å². The van der Waals surface area contributed by atoms with Crippen molar-refractivity contribution in [1.29, 1.82) is 0 Å². The van der Waals surface area contributed by atoms with E-state index in [2.05, 4.69) is 25.3 Å². The zero-order valence-corrected chi connectivity index (χ0v) is 12.2. The second-order valence-electron chi connectivity index (χ2n) is 4.86. The van der Waals surface area contributed by atoms with Gasteiger partial charge in [0.25, 0.3) is 0 Å². The molecule has 1 N–H and O–H groups in total. The third-order valence-electron chi connectivity index (χ3n) is 2.79. The van der Waals surface area contributed by atoms with Crippen LogP contribution in [0.25, 0.3) is 0 Å². The molecule has 7 heteroatoms. The third kappa shape index (κ3) is 3.71. The first-order valence-electron chi connectivity index (χ1n) is 6.57. The van der Waals surface area contributed by atoms with Crippen LogP contribution in [0.3, 0.4) is 0 Å². The van der Waals surface area contributed by atoms with Crippen LogP contribution in [0.4, 0.5) is 5.95 Å². The highest BCUT2D eigenvalue weighted by molar-refractivity contribution is 5.88. The van der Waals surface area contributed by atoms with Gasteiger partial charge in [0.15, 0.2) is 0 Å². The number of carbonyl (C=O) groups is 1. The highest BCUT2D eigenvalue weighted by Crippen LogP contribution is 2.21. The Morgan fingerprint density at radius 2 is 1.90 bits per heavy atom. The van der Waals surface area contributed by atoms with Gasteiger partial charge < -0.3 is 10.1 Å².